The summed E-state index contributed by atoms with van der Waals surface area (Å²) in [6.07, 6.45) is 0. The molecule has 0 N–H and O–H groups in total. The van der Waals surface area contributed by atoms with Gasteiger partial charge in [-0.2, -0.15) is 0 Å². The summed E-state index contributed by atoms with van der Waals surface area (Å²) in [5.41, 5.74) is 1.58. The average Bonchev–Trinajstić information content (AvgIpc) is 2.38. The lowest BCUT2D eigenvalue weighted by atomic mass is 10.1. The normalized spacial score (nSPS) is 10.3. The first-order chi connectivity index (χ1) is 9.06. The Morgan fingerprint density at radius 2 is 1.89 bits per heavy atom. The van der Waals surface area contributed by atoms with Crippen molar-refractivity contribution in [3.8, 4) is 5.75 Å². The molecule has 19 heavy (non-hydrogen) atoms. The fourth-order valence-corrected chi connectivity index (χ4v) is 2.11. The van der Waals surface area contributed by atoms with Gasteiger partial charge in [-0.15, -0.1) is 0 Å². The third kappa shape index (κ3) is 3.82. The highest BCUT2D eigenvalue weighted by atomic mass is 79.9. The van der Waals surface area contributed by atoms with Gasteiger partial charge >= 0.3 is 0 Å². The van der Waals surface area contributed by atoms with E-state index in [1.807, 2.05) is 30.3 Å². The Kier molecular flexibility index (Phi) is 4.61. The maximum Gasteiger partial charge on any atom is 0.163 e. The molecular formula is C15H12BrClO2. The van der Waals surface area contributed by atoms with E-state index >= 15 is 0 Å². The third-order valence-electron chi connectivity index (χ3n) is 2.63. The highest BCUT2D eigenvalue weighted by Crippen LogP contribution is 2.25. The maximum absolute atomic E-state index is 11.5. The zero-order valence-corrected chi connectivity index (χ0v) is 12.7. The Hall–Kier alpha value is -1.32. The molecule has 0 aliphatic rings. The molecule has 98 valence electrons. The molecule has 0 bridgehead atoms. The Bertz CT molecular complexity index is 594. The van der Waals surface area contributed by atoms with E-state index in [-0.39, 0.29) is 5.78 Å². The van der Waals surface area contributed by atoms with Crippen molar-refractivity contribution >= 4 is 33.3 Å². The van der Waals surface area contributed by atoms with Crippen molar-refractivity contribution < 1.29 is 9.53 Å². The van der Waals surface area contributed by atoms with Crippen molar-refractivity contribution in [1.29, 1.82) is 0 Å². The van der Waals surface area contributed by atoms with Crippen LogP contribution in [0.5, 0.6) is 5.75 Å². The Labute approximate surface area is 125 Å². The van der Waals surface area contributed by atoms with E-state index in [4.69, 9.17) is 16.3 Å². The smallest absolute Gasteiger partial charge is 0.163 e. The van der Waals surface area contributed by atoms with Crippen LogP contribution >= 0.6 is 27.5 Å². The van der Waals surface area contributed by atoms with Crippen LogP contribution in [0.25, 0.3) is 0 Å². The van der Waals surface area contributed by atoms with Crippen molar-refractivity contribution in [3.05, 3.63) is 63.1 Å². The number of benzene rings is 2. The predicted molar refractivity (Wildman–Crippen MR) is 79.9 cm³/mol. The molecule has 2 aromatic carbocycles. The first-order valence-corrected chi connectivity index (χ1v) is 6.91. The fourth-order valence-electron chi connectivity index (χ4n) is 1.65. The van der Waals surface area contributed by atoms with Gasteiger partial charge in [0.1, 0.15) is 12.4 Å². The van der Waals surface area contributed by atoms with E-state index in [1.165, 1.54) is 6.92 Å². The monoisotopic (exact) mass is 338 g/mol. The van der Waals surface area contributed by atoms with Gasteiger partial charge in [0, 0.05) is 9.50 Å². The largest absolute Gasteiger partial charge is 0.488 e. The summed E-state index contributed by atoms with van der Waals surface area (Å²) in [4.78, 5) is 11.5. The summed E-state index contributed by atoms with van der Waals surface area (Å²) in [6, 6.07) is 12.8. The number of rotatable bonds is 4. The Morgan fingerprint density at radius 3 is 2.53 bits per heavy atom. The van der Waals surface area contributed by atoms with Crippen LogP contribution in [0.2, 0.25) is 5.02 Å². The van der Waals surface area contributed by atoms with Gasteiger partial charge in [0.25, 0.3) is 0 Å². The van der Waals surface area contributed by atoms with Crippen molar-refractivity contribution in [1.82, 2.24) is 0 Å². The molecule has 2 nitrogen and oxygen atoms in total. The van der Waals surface area contributed by atoms with Crippen molar-refractivity contribution in [3.63, 3.8) is 0 Å². The van der Waals surface area contributed by atoms with Crippen LogP contribution in [-0.2, 0) is 6.61 Å². The van der Waals surface area contributed by atoms with Crippen LogP contribution in [0, 0.1) is 0 Å². The summed E-state index contributed by atoms with van der Waals surface area (Å²) >= 11 is 9.20. The van der Waals surface area contributed by atoms with Crippen LogP contribution in [0.15, 0.2) is 46.9 Å². The highest BCUT2D eigenvalue weighted by molar-refractivity contribution is 9.10. The maximum atomic E-state index is 11.5. The molecular weight excluding hydrogens is 328 g/mol. The quantitative estimate of drug-likeness (QED) is 0.742. The summed E-state index contributed by atoms with van der Waals surface area (Å²) in [7, 11) is 0. The molecule has 0 aromatic heterocycles. The average molecular weight is 340 g/mol. The minimum Gasteiger partial charge on any atom is -0.488 e. The van der Waals surface area contributed by atoms with Crippen molar-refractivity contribution in [2.45, 2.75) is 13.5 Å². The van der Waals surface area contributed by atoms with Crippen LogP contribution in [0.3, 0.4) is 0 Å². The van der Waals surface area contributed by atoms with Gasteiger partial charge in [-0.05, 0) is 42.8 Å². The van der Waals surface area contributed by atoms with Gasteiger partial charge in [0.05, 0.1) is 5.56 Å². The number of carbonyl (C=O) groups excluding carboxylic acids is 1. The second-order valence-corrected chi connectivity index (χ2v) is 5.46. The van der Waals surface area contributed by atoms with Gasteiger partial charge in [-0.1, -0.05) is 39.7 Å². The number of ether oxygens (including phenoxy) is 1. The lowest BCUT2D eigenvalue weighted by Gasteiger charge is -2.10. The molecule has 2 aromatic rings. The van der Waals surface area contributed by atoms with Gasteiger partial charge in [0.2, 0.25) is 0 Å². The summed E-state index contributed by atoms with van der Waals surface area (Å²) < 4.78 is 6.59. The molecule has 0 radical (unpaired) electrons. The molecule has 2 rings (SSSR count). The van der Waals surface area contributed by atoms with Crippen LogP contribution < -0.4 is 4.74 Å². The number of halogens is 2. The standard InChI is InChI=1S/C15H12BrClO2/c1-10(18)14-7-4-12(16)8-15(14)19-9-11-2-5-13(17)6-3-11/h2-8H,9H2,1H3. The molecule has 0 atom stereocenters. The highest BCUT2D eigenvalue weighted by Gasteiger charge is 2.09. The third-order valence-corrected chi connectivity index (χ3v) is 3.38. The van der Waals surface area contributed by atoms with E-state index in [9.17, 15) is 4.79 Å². The minimum absolute atomic E-state index is 0.0152. The van der Waals surface area contributed by atoms with Crippen molar-refractivity contribution in [2.24, 2.45) is 0 Å². The molecule has 0 spiro atoms. The molecule has 0 aliphatic carbocycles. The second kappa shape index (κ2) is 6.22. The fraction of sp³-hybridized carbons (Fsp3) is 0.133. The molecule has 0 fully saturated rings. The number of hydrogen-bond donors (Lipinski definition) is 0. The Morgan fingerprint density at radius 1 is 1.21 bits per heavy atom. The van der Waals surface area contributed by atoms with E-state index in [0.29, 0.717) is 22.9 Å². The van der Waals surface area contributed by atoms with Crippen LogP contribution in [0.1, 0.15) is 22.8 Å². The van der Waals surface area contributed by atoms with Gasteiger partial charge < -0.3 is 4.74 Å². The summed E-state index contributed by atoms with van der Waals surface area (Å²) in [6.45, 7) is 1.92. The summed E-state index contributed by atoms with van der Waals surface area (Å²) in [5, 5.41) is 0.690. The SMILES string of the molecule is CC(=O)c1ccc(Br)cc1OCc1ccc(Cl)cc1. The minimum atomic E-state index is -0.0152. The molecule has 0 heterocycles. The van der Waals surface area contributed by atoms with E-state index in [0.717, 1.165) is 10.0 Å². The first kappa shape index (κ1) is 14.1. The first-order valence-electron chi connectivity index (χ1n) is 5.74. The molecule has 0 amide bonds. The van der Waals surface area contributed by atoms with Crippen LogP contribution in [-0.4, -0.2) is 5.78 Å². The number of hydrogen-bond acceptors (Lipinski definition) is 2. The van der Waals surface area contributed by atoms with E-state index in [1.54, 1.807) is 12.1 Å². The molecule has 0 saturated carbocycles. The second-order valence-electron chi connectivity index (χ2n) is 4.11. The predicted octanol–water partition coefficient (Wildman–Crippen LogP) is 4.88. The van der Waals surface area contributed by atoms with E-state index < -0.39 is 0 Å². The molecule has 4 heteroatoms. The zero-order chi connectivity index (χ0) is 13.8. The van der Waals surface area contributed by atoms with Gasteiger partial charge in [0.15, 0.2) is 5.78 Å². The lowest BCUT2D eigenvalue weighted by molar-refractivity contribution is 0.101. The number of carbonyl (C=O) groups is 1. The molecule has 0 aliphatic heterocycles. The zero-order valence-electron chi connectivity index (χ0n) is 10.3. The van der Waals surface area contributed by atoms with E-state index in [2.05, 4.69) is 15.9 Å². The number of ketones is 1. The van der Waals surface area contributed by atoms with Crippen LogP contribution in [0.4, 0.5) is 0 Å². The number of Topliss-reactive ketones (excluding diaryl/α,β-unsaturated/α-hetero) is 1. The summed E-state index contributed by atoms with van der Waals surface area (Å²) in [5.74, 6) is 0.565. The Balaban J connectivity index is 2.16. The lowest BCUT2D eigenvalue weighted by Crippen LogP contribution is -2.01. The van der Waals surface area contributed by atoms with Gasteiger partial charge in [-0.3, -0.25) is 4.79 Å². The van der Waals surface area contributed by atoms with Gasteiger partial charge in [-0.25, -0.2) is 0 Å². The molecule has 0 unspecified atom stereocenters. The van der Waals surface area contributed by atoms with Crippen molar-refractivity contribution in [2.75, 3.05) is 0 Å². The topological polar surface area (TPSA) is 26.3 Å². The molecule has 0 saturated heterocycles.